The summed E-state index contributed by atoms with van der Waals surface area (Å²) >= 11 is 6.30. The first-order valence-electron chi connectivity index (χ1n) is 19.3. The topological polar surface area (TPSA) is 113 Å². The van der Waals surface area contributed by atoms with E-state index in [1.807, 2.05) is 6.07 Å². The minimum absolute atomic E-state index is 0.0760. The van der Waals surface area contributed by atoms with Crippen LogP contribution in [-0.2, 0) is 12.3 Å². The van der Waals surface area contributed by atoms with E-state index >= 15 is 0 Å². The summed E-state index contributed by atoms with van der Waals surface area (Å²) in [4.78, 5) is 25.3. The van der Waals surface area contributed by atoms with Crippen LogP contribution in [0.15, 0.2) is 66.7 Å². The second kappa shape index (κ2) is 21.5. The number of esters is 2. The van der Waals surface area contributed by atoms with E-state index < -0.39 is 45.7 Å². The van der Waals surface area contributed by atoms with E-state index in [2.05, 4.69) is 58.9 Å². The zero-order valence-electron chi connectivity index (χ0n) is 34.2. The monoisotopic (exact) mass is 841 g/mol. The molecule has 0 aliphatic heterocycles. The quantitative estimate of drug-likeness (QED) is 0.0398. The third-order valence-corrected chi connectivity index (χ3v) is 22.1. The molecule has 0 heterocycles. The second-order valence-corrected chi connectivity index (χ2v) is 33.3. The molecule has 0 saturated carbocycles. The molecule has 3 aromatic carbocycles. The maximum absolute atomic E-state index is 12.7. The van der Waals surface area contributed by atoms with Gasteiger partial charge in [0.05, 0.1) is 34.4 Å². The van der Waals surface area contributed by atoms with Crippen molar-refractivity contribution in [2.24, 2.45) is 0 Å². The van der Waals surface area contributed by atoms with E-state index in [0.29, 0.717) is 23.5 Å². The van der Waals surface area contributed by atoms with Crippen molar-refractivity contribution in [2.45, 2.75) is 123 Å². The average molecular weight is 843 g/mol. The van der Waals surface area contributed by atoms with E-state index in [1.54, 1.807) is 36.4 Å². The summed E-state index contributed by atoms with van der Waals surface area (Å²) in [6, 6.07) is 20.3. The van der Waals surface area contributed by atoms with Gasteiger partial charge < -0.3 is 26.6 Å². The van der Waals surface area contributed by atoms with E-state index in [1.165, 1.54) is 68.9 Å². The molecule has 0 fully saturated rings. The fraction of sp³-hybridized carbons (Fsp3) is 0.488. The molecule has 3 rings (SSSR count). The van der Waals surface area contributed by atoms with E-state index in [4.69, 9.17) is 43.4 Å². The van der Waals surface area contributed by atoms with Crippen LogP contribution in [0, 0.1) is 11.3 Å². The molecule has 3 aromatic rings. The van der Waals surface area contributed by atoms with Gasteiger partial charge in [-0.05, 0) is 132 Å². The number of ether oxygens (including phenoxy) is 3. The van der Waals surface area contributed by atoms with Gasteiger partial charge in [0.25, 0.3) is 0 Å². The number of hydrogen-bond donors (Lipinski definition) is 0. The molecule has 0 amide bonds. The Balaban J connectivity index is 1.29. The molecule has 0 aliphatic rings. The molecule has 9 nitrogen and oxygen atoms in total. The SMILES string of the molecule is C[Si](C)(C)O[Si](C)(C)O[Si](C)(CCCCCCCCCCCOc1ccc(C(=O)Oc2ccc(C(=O)Oc3ccc(C#N)cc3)c(Cl)c2)cc1)O[Si](C)(C)C. The van der Waals surface area contributed by atoms with E-state index in [0.717, 1.165) is 25.3 Å². The Kier molecular flexibility index (Phi) is 18.1. The smallest absolute Gasteiger partial charge is 0.345 e. The molecule has 55 heavy (non-hydrogen) atoms. The lowest BCUT2D eigenvalue weighted by Gasteiger charge is -2.41. The molecular weight excluding hydrogens is 782 g/mol. The van der Waals surface area contributed by atoms with Crippen molar-refractivity contribution in [1.82, 2.24) is 0 Å². The zero-order chi connectivity index (χ0) is 40.7. The Morgan fingerprint density at radius 3 is 1.65 bits per heavy atom. The summed E-state index contributed by atoms with van der Waals surface area (Å²) in [6.07, 6.45) is 10.6. The Hall–Kier alpha value is -3.07. The maximum atomic E-state index is 12.7. The highest BCUT2D eigenvalue weighted by atomic mass is 35.5. The fourth-order valence-electron chi connectivity index (χ4n) is 6.36. The number of benzene rings is 3. The van der Waals surface area contributed by atoms with Gasteiger partial charge in [-0.1, -0.05) is 63.0 Å². The van der Waals surface area contributed by atoms with Gasteiger partial charge in [-0.3, -0.25) is 0 Å². The molecule has 1 atom stereocenters. The van der Waals surface area contributed by atoms with Crippen molar-refractivity contribution in [3.8, 4) is 23.3 Å². The number of halogens is 1. The number of carbonyl (C=O) groups excluding carboxylic acids is 2. The summed E-state index contributed by atoms with van der Waals surface area (Å²) in [5.74, 6) is -0.0685. The predicted octanol–water partition coefficient (Wildman–Crippen LogP) is 12.0. The molecule has 0 aromatic heterocycles. The van der Waals surface area contributed by atoms with Crippen LogP contribution in [0.1, 0.15) is 84.1 Å². The molecule has 0 aliphatic carbocycles. The van der Waals surface area contributed by atoms with Gasteiger partial charge in [0.2, 0.25) is 0 Å². The first-order valence-corrected chi connectivity index (χ1v) is 31.9. The molecule has 14 heteroatoms. The molecular formula is C41H60ClNO8Si4. The number of rotatable bonds is 23. The van der Waals surface area contributed by atoms with Gasteiger partial charge >= 0.3 is 29.1 Å². The van der Waals surface area contributed by atoms with Gasteiger partial charge in [-0.25, -0.2) is 9.59 Å². The van der Waals surface area contributed by atoms with Crippen LogP contribution >= 0.6 is 11.6 Å². The van der Waals surface area contributed by atoms with Gasteiger partial charge in [-0.15, -0.1) is 0 Å². The number of nitrogens with zero attached hydrogens (tertiary/aromatic N) is 1. The Morgan fingerprint density at radius 1 is 0.600 bits per heavy atom. The maximum Gasteiger partial charge on any atom is 0.345 e. The Labute approximate surface area is 338 Å². The lowest BCUT2D eigenvalue weighted by molar-refractivity contribution is 0.0730. The van der Waals surface area contributed by atoms with Crippen molar-refractivity contribution >= 4 is 57.3 Å². The number of unbranched alkanes of at least 4 members (excludes halogenated alkanes) is 8. The largest absolute Gasteiger partial charge is 0.494 e. The fourth-order valence-corrected chi connectivity index (χ4v) is 24.6. The summed E-state index contributed by atoms with van der Waals surface area (Å²) in [6.45, 7) is 20.7. The Morgan fingerprint density at radius 2 is 1.11 bits per heavy atom. The first-order chi connectivity index (χ1) is 25.8. The molecule has 0 saturated heterocycles. The highest BCUT2D eigenvalue weighted by molar-refractivity contribution is 6.89. The molecule has 0 radical (unpaired) electrons. The normalized spacial score (nSPS) is 13.1. The van der Waals surface area contributed by atoms with Crippen LogP contribution in [0.25, 0.3) is 0 Å². The standard InChI is InChI=1S/C41H60ClNO8Si4/c1-52(2,3)49-54(7,8)51-55(9,50-53(4,5)6)30-18-16-14-12-10-11-13-15-17-29-46-35-25-21-34(22-26-35)40(44)48-37-27-28-38(39(42)31-37)41(45)47-36-23-19-33(32-43)20-24-36/h19-28,31H,10-18,29-30H2,1-9H3. The van der Waals surface area contributed by atoms with Gasteiger partial charge in [-0.2, -0.15) is 5.26 Å². The van der Waals surface area contributed by atoms with E-state index in [-0.39, 0.29) is 22.1 Å². The minimum atomic E-state index is -2.31. The molecule has 0 bridgehead atoms. The van der Waals surface area contributed by atoms with Gasteiger partial charge in [0.15, 0.2) is 16.6 Å². The highest BCUT2D eigenvalue weighted by Gasteiger charge is 2.44. The van der Waals surface area contributed by atoms with Crippen LogP contribution in [0.5, 0.6) is 17.2 Å². The average Bonchev–Trinajstić information content (AvgIpc) is 3.07. The third kappa shape index (κ3) is 18.2. The van der Waals surface area contributed by atoms with Crippen molar-refractivity contribution in [3.05, 3.63) is 88.4 Å². The molecule has 300 valence electrons. The molecule has 1 unspecified atom stereocenters. The lowest BCUT2D eigenvalue weighted by atomic mass is 10.1. The molecule has 0 N–H and O–H groups in total. The van der Waals surface area contributed by atoms with E-state index in [9.17, 15) is 9.59 Å². The summed E-state index contributed by atoms with van der Waals surface area (Å²) < 4.78 is 36.8. The van der Waals surface area contributed by atoms with Gasteiger partial charge in [0.1, 0.15) is 17.2 Å². The van der Waals surface area contributed by atoms with Crippen LogP contribution in [0.4, 0.5) is 0 Å². The summed E-state index contributed by atoms with van der Waals surface area (Å²) in [5, 5.41) is 9.00. The third-order valence-electron chi connectivity index (χ3n) is 8.23. The van der Waals surface area contributed by atoms with Crippen LogP contribution in [0.3, 0.4) is 0 Å². The molecule has 0 spiro atoms. The van der Waals surface area contributed by atoms with Crippen LogP contribution < -0.4 is 14.2 Å². The first kappa shape index (κ1) is 46.3. The van der Waals surface area contributed by atoms with Gasteiger partial charge in [0, 0.05) is 6.07 Å². The van der Waals surface area contributed by atoms with Crippen molar-refractivity contribution < 1.29 is 36.1 Å². The highest BCUT2D eigenvalue weighted by Crippen LogP contribution is 2.29. The zero-order valence-corrected chi connectivity index (χ0v) is 39.0. The number of carbonyl (C=O) groups is 2. The van der Waals surface area contributed by atoms with Crippen molar-refractivity contribution in [1.29, 1.82) is 5.26 Å². The van der Waals surface area contributed by atoms with Crippen molar-refractivity contribution in [3.63, 3.8) is 0 Å². The predicted molar refractivity (Wildman–Crippen MR) is 230 cm³/mol. The van der Waals surface area contributed by atoms with Crippen molar-refractivity contribution in [2.75, 3.05) is 6.61 Å². The second-order valence-electron chi connectivity index (χ2n) is 16.4. The lowest BCUT2D eigenvalue weighted by Crippen LogP contribution is -2.56. The number of hydrogen-bond acceptors (Lipinski definition) is 9. The van der Waals surface area contributed by atoms with Crippen LogP contribution in [-0.4, -0.2) is 52.3 Å². The Bertz CT molecular complexity index is 1720. The summed E-state index contributed by atoms with van der Waals surface area (Å²) in [7, 11) is -7.98. The van der Waals surface area contributed by atoms with Crippen LogP contribution in [0.2, 0.25) is 70.0 Å². The minimum Gasteiger partial charge on any atom is -0.494 e. The number of nitriles is 1. The summed E-state index contributed by atoms with van der Waals surface area (Å²) in [5.41, 5.74) is 0.920.